The largest absolute Gasteiger partial charge is 0.484 e. The minimum Gasteiger partial charge on any atom is -0.484 e. The molecule has 172 valence electrons. The molecule has 0 aromatic heterocycles. The van der Waals surface area contributed by atoms with Crippen molar-refractivity contribution in [3.63, 3.8) is 0 Å². The van der Waals surface area contributed by atoms with Crippen LogP contribution in [-0.2, 0) is 9.59 Å². The number of amides is 1. The van der Waals surface area contributed by atoms with Gasteiger partial charge in [0.25, 0.3) is 5.91 Å². The molecule has 2 aliphatic rings. The van der Waals surface area contributed by atoms with Gasteiger partial charge < -0.3 is 29.4 Å². The Hall–Kier alpha value is -4.01. The number of ether oxygens (including phenoxy) is 4. The molecule has 0 unspecified atom stereocenters. The van der Waals surface area contributed by atoms with E-state index in [1.807, 2.05) is 13.8 Å². The van der Waals surface area contributed by atoms with Gasteiger partial charge in [0.2, 0.25) is 12.6 Å². The lowest BCUT2D eigenvalue weighted by Crippen LogP contribution is -2.43. The number of aliphatic carboxylic acids is 1. The van der Waals surface area contributed by atoms with Crippen LogP contribution in [-0.4, -0.2) is 42.2 Å². The molecule has 0 spiro atoms. The van der Waals surface area contributed by atoms with E-state index in [4.69, 9.17) is 18.9 Å². The molecule has 2 heterocycles. The number of allylic oxidation sites excluding steroid dienone is 1. The first kappa shape index (κ1) is 22.2. The number of rotatable bonds is 8. The summed E-state index contributed by atoms with van der Waals surface area (Å²) >= 11 is 0. The summed E-state index contributed by atoms with van der Waals surface area (Å²) in [6.45, 7) is 3.54. The number of fused-ring (bicyclic) bond motifs is 2. The Morgan fingerprint density at radius 2 is 1.91 bits per heavy atom. The second-order valence-corrected chi connectivity index (χ2v) is 8.09. The molecule has 33 heavy (non-hydrogen) atoms. The standard InChI is InChI=1S/C24H23NO8/c1-13(2)7-17(24(28)29)25-22(26)11-30-15-4-5-16-19(10-15)33-21(23(16)27)9-14-3-6-18-20(8-14)32-12-31-18/h3-6,8-10,13,17H,7,11-12H2,1-2H3,(H,25,26)(H,28,29)/t17-/m0/s1. The quantitative estimate of drug-likeness (QED) is 0.585. The Kier molecular flexibility index (Phi) is 6.21. The second-order valence-electron chi connectivity index (χ2n) is 8.09. The van der Waals surface area contributed by atoms with Crippen LogP contribution < -0.4 is 24.3 Å². The summed E-state index contributed by atoms with van der Waals surface area (Å²) < 4.78 is 21.8. The number of hydrogen-bond acceptors (Lipinski definition) is 7. The van der Waals surface area contributed by atoms with Crippen molar-refractivity contribution in [2.75, 3.05) is 13.4 Å². The van der Waals surface area contributed by atoms with Crippen LogP contribution in [0.2, 0.25) is 0 Å². The van der Waals surface area contributed by atoms with Crippen molar-refractivity contribution >= 4 is 23.7 Å². The number of ketones is 1. The van der Waals surface area contributed by atoms with Gasteiger partial charge in [0, 0.05) is 6.07 Å². The van der Waals surface area contributed by atoms with Crippen LogP contribution in [0.25, 0.3) is 6.08 Å². The Morgan fingerprint density at radius 3 is 2.67 bits per heavy atom. The smallest absolute Gasteiger partial charge is 0.326 e. The maximum atomic E-state index is 12.7. The number of Topliss-reactive ketones (excluding diaryl/α,β-unsaturated/α-hetero) is 1. The van der Waals surface area contributed by atoms with Crippen molar-refractivity contribution in [1.82, 2.24) is 5.32 Å². The van der Waals surface area contributed by atoms with Gasteiger partial charge in [-0.3, -0.25) is 9.59 Å². The van der Waals surface area contributed by atoms with Crippen LogP contribution in [0.4, 0.5) is 0 Å². The zero-order valence-corrected chi connectivity index (χ0v) is 18.1. The maximum Gasteiger partial charge on any atom is 0.326 e. The number of benzene rings is 2. The van der Waals surface area contributed by atoms with Crippen LogP contribution >= 0.6 is 0 Å². The van der Waals surface area contributed by atoms with Gasteiger partial charge in [-0.2, -0.15) is 0 Å². The Morgan fingerprint density at radius 1 is 1.12 bits per heavy atom. The van der Waals surface area contributed by atoms with Gasteiger partial charge in [0.05, 0.1) is 5.56 Å². The highest BCUT2D eigenvalue weighted by atomic mass is 16.7. The maximum absolute atomic E-state index is 12.7. The number of carboxylic acids is 1. The summed E-state index contributed by atoms with van der Waals surface area (Å²) in [7, 11) is 0. The van der Waals surface area contributed by atoms with E-state index in [2.05, 4.69) is 5.32 Å². The van der Waals surface area contributed by atoms with Crippen molar-refractivity contribution in [2.24, 2.45) is 5.92 Å². The lowest BCUT2D eigenvalue weighted by atomic mass is 10.0. The molecule has 0 aliphatic carbocycles. The third-order valence-electron chi connectivity index (χ3n) is 5.05. The van der Waals surface area contributed by atoms with Crippen molar-refractivity contribution < 1.29 is 38.4 Å². The Balaban J connectivity index is 1.39. The van der Waals surface area contributed by atoms with Crippen LogP contribution in [0.5, 0.6) is 23.0 Å². The first-order valence-electron chi connectivity index (χ1n) is 10.4. The van der Waals surface area contributed by atoms with Gasteiger partial charge in [-0.15, -0.1) is 0 Å². The molecule has 2 aliphatic heterocycles. The Labute approximate surface area is 189 Å². The van der Waals surface area contributed by atoms with E-state index < -0.39 is 17.9 Å². The van der Waals surface area contributed by atoms with Crippen molar-refractivity contribution in [1.29, 1.82) is 0 Å². The predicted octanol–water partition coefficient (Wildman–Crippen LogP) is 3.03. The summed E-state index contributed by atoms with van der Waals surface area (Å²) in [4.78, 5) is 36.1. The minimum absolute atomic E-state index is 0.110. The molecule has 0 saturated heterocycles. The van der Waals surface area contributed by atoms with Gasteiger partial charge in [-0.25, -0.2) is 4.79 Å². The molecule has 4 rings (SSSR count). The third-order valence-corrected chi connectivity index (χ3v) is 5.05. The molecule has 2 aromatic rings. The first-order valence-corrected chi connectivity index (χ1v) is 10.4. The van der Waals surface area contributed by atoms with E-state index in [0.29, 0.717) is 35.0 Å². The summed E-state index contributed by atoms with van der Waals surface area (Å²) in [5.41, 5.74) is 1.10. The molecule has 0 bridgehead atoms. The number of hydrogen-bond donors (Lipinski definition) is 2. The topological polar surface area (TPSA) is 120 Å². The monoisotopic (exact) mass is 453 g/mol. The van der Waals surface area contributed by atoms with Crippen LogP contribution in [0.1, 0.15) is 36.2 Å². The second kappa shape index (κ2) is 9.23. The molecule has 2 N–H and O–H groups in total. The van der Waals surface area contributed by atoms with E-state index in [1.165, 1.54) is 6.07 Å². The summed E-state index contributed by atoms with van der Waals surface area (Å²) in [6, 6.07) is 8.95. The zero-order valence-electron chi connectivity index (χ0n) is 18.1. The molecule has 9 heteroatoms. The van der Waals surface area contributed by atoms with Crippen LogP contribution in [0.3, 0.4) is 0 Å². The van der Waals surface area contributed by atoms with Gasteiger partial charge in [-0.1, -0.05) is 19.9 Å². The van der Waals surface area contributed by atoms with E-state index in [1.54, 1.807) is 36.4 Å². The van der Waals surface area contributed by atoms with Crippen LogP contribution in [0, 0.1) is 5.92 Å². The summed E-state index contributed by atoms with van der Waals surface area (Å²) in [6.07, 6.45) is 1.92. The highest BCUT2D eigenvalue weighted by Gasteiger charge is 2.28. The average Bonchev–Trinajstić information content (AvgIpc) is 3.35. The molecule has 9 nitrogen and oxygen atoms in total. The SMILES string of the molecule is CC(C)C[C@H](NC(=O)COc1ccc2c(c1)OC(=Cc1ccc3c(c1)OCO3)C2=O)C(=O)O. The zero-order chi connectivity index (χ0) is 23.5. The van der Waals surface area contributed by atoms with Crippen molar-refractivity contribution in [3.05, 3.63) is 53.3 Å². The molecule has 1 atom stereocenters. The number of carbonyl (C=O) groups is 3. The highest BCUT2D eigenvalue weighted by Crippen LogP contribution is 2.37. The lowest BCUT2D eigenvalue weighted by Gasteiger charge is -2.16. The fourth-order valence-corrected chi connectivity index (χ4v) is 3.49. The highest BCUT2D eigenvalue weighted by molar-refractivity contribution is 6.14. The van der Waals surface area contributed by atoms with Gasteiger partial charge >= 0.3 is 5.97 Å². The van der Waals surface area contributed by atoms with Crippen molar-refractivity contribution in [2.45, 2.75) is 26.3 Å². The Bertz CT molecular complexity index is 1140. The van der Waals surface area contributed by atoms with E-state index in [0.717, 1.165) is 5.56 Å². The minimum atomic E-state index is -1.09. The fourth-order valence-electron chi connectivity index (χ4n) is 3.49. The molecule has 2 aromatic carbocycles. The fraction of sp³-hybridized carbons (Fsp3) is 0.292. The average molecular weight is 453 g/mol. The first-order chi connectivity index (χ1) is 15.8. The molecular weight excluding hydrogens is 430 g/mol. The number of carbonyl (C=O) groups excluding carboxylic acids is 2. The summed E-state index contributed by atoms with van der Waals surface area (Å²) in [5, 5.41) is 11.7. The molecular formula is C24H23NO8. The van der Waals surface area contributed by atoms with E-state index in [-0.39, 0.29) is 30.9 Å². The summed E-state index contributed by atoms with van der Waals surface area (Å²) in [5.74, 6) is 0.209. The van der Waals surface area contributed by atoms with Crippen molar-refractivity contribution in [3.8, 4) is 23.0 Å². The normalized spacial score (nSPS) is 15.8. The lowest BCUT2D eigenvalue weighted by molar-refractivity contribution is -0.142. The molecule has 0 radical (unpaired) electrons. The number of nitrogens with one attached hydrogen (secondary N) is 1. The third kappa shape index (κ3) is 5.08. The van der Waals surface area contributed by atoms with Crippen LogP contribution in [0.15, 0.2) is 42.2 Å². The van der Waals surface area contributed by atoms with E-state index in [9.17, 15) is 19.5 Å². The molecule has 0 fully saturated rings. The molecule has 0 saturated carbocycles. The van der Waals surface area contributed by atoms with Gasteiger partial charge in [0.15, 0.2) is 23.9 Å². The van der Waals surface area contributed by atoms with Gasteiger partial charge in [-0.05, 0) is 48.2 Å². The van der Waals surface area contributed by atoms with Gasteiger partial charge in [0.1, 0.15) is 17.5 Å². The number of carboxylic acid groups (broad SMARTS) is 1. The molecule has 1 amide bonds. The predicted molar refractivity (Wildman–Crippen MR) is 116 cm³/mol. The van der Waals surface area contributed by atoms with E-state index >= 15 is 0 Å².